The van der Waals surface area contributed by atoms with Crippen molar-refractivity contribution < 1.29 is 4.39 Å². The van der Waals surface area contributed by atoms with Gasteiger partial charge in [0.2, 0.25) is 0 Å². The molecule has 0 fully saturated rings. The van der Waals surface area contributed by atoms with Gasteiger partial charge in [0.25, 0.3) is 0 Å². The molecule has 2 nitrogen and oxygen atoms in total. The average Bonchev–Trinajstić information content (AvgIpc) is 2.42. The van der Waals surface area contributed by atoms with Crippen molar-refractivity contribution in [2.45, 2.75) is 13.0 Å². The molecule has 1 N–H and O–H groups in total. The first kappa shape index (κ1) is 13.4. The number of nitriles is 1. The van der Waals surface area contributed by atoms with Crippen LogP contribution in [-0.4, -0.2) is 0 Å². The number of halogens is 2. The SMILES string of the molecule is CC(Nc1ccc(Cl)cc1F)c1cccc(C#N)c1. The Kier molecular flexibility index (Phi) is 4.03. The second-order valence-corrected chi connectivity index (χ2v) is 4.66. The maximum Gasteiger partial charge on any atom is 0.147 e. The Balaban J connectivity index is 2.20. The van der Waals surface area contributed by atoms with E-state index in [1.807, 2.05) is 19.1 Å². The van der Waals surface area contributed by atoms with E-state index in [1.165, 1.54) is 6.07 Å². The van der Waals surface area contributed by atoms with Crippen LogP contribution in [0.3, 0.4) is 0 Å². The molecular formula is C15H12ClFN2. The third-order valence-corrected chi connectivity index (χ3v) is 3.05. The molecule has 0 aromatic heterocycles. The highest BCUT2D eigenvalue weighted by Gasteiger charge is 2.09. The Morgan fingerprint density at radius 2 is 2.05 bits per heavy atom. The molecule has 0 aliphatic heterocycles. The molecule has 0 aliphatic carbocycles. The monoisotopic (exact) mass is 274 g/mol. The lowest BCUT2D eigenvalue weighted by Gasteiger charge is -2.16. The van der Waals surface area contributed by atoms with Crippen LogP contribution >= 0.6 is 11.6 Å². The first-order valence-electron chi connectivity index (χ1n) is 5.82. The van der Waals surface area contributed by atoms with Crippen molar-refractivity contribution in [3.8, 4) is 6.07 Å². The van der Waals surface area contributed by atoms with E-state index in [9.17, 15) is 4.39 Å². The van der Waals surface area contributed by atoms with Crippen LogP contribution in [0.4, 0.5) is 10.1 Å². The summed E-state index contributed by atoms with van der Waals surface area (Å²) in [5.41, 5.74) is 1.90. The van der Waals surface area contributed by atoms with Crippen LogP contribution in [0.2, 0.25) is 5.02 Å². The van der Waals surface area contributed by atoms with E-state index in [1.54, 1.807) is 24.3 Å². The van der Waals surface area contributed by atoms with Crippen LogP contribution in [0.15, 0.2) is 42.5 Å². The van der Waals surface area contributed by atoms with Gasteiger partial charge in [0, 0.05) is 11.1 Å². The quantitative estimate of drug-likeness (QED) is 0.893. The maximum atomic E-state index is 13.7. The van der Waals surface area contributed by atoms with Crippen molar-refractivity contribution >= 4 is 17.3 Å². The summed E-state index contributed by atoms with van der Waals surface area (Å²) in [6.07, 6.45) is 0. The molecule has 0 bridgehead atoms. The number of rotatable bonds is 3. The van der Waals surface area contributed by atoms with Crippen LogP contribution in [0.5, 0.6) is 0 Å². The second kappa shape index (κ2) is 5.73. The minimum Gasteiger partial charge on any atom is -0.376 e. The van der Waals surface area contributed by atoms with Gasteiger partial charge in [-0.1, -0.05) is 23.7 Å². The summed E-state index contributed by atoms with van der Waals surface area (Å²) in [6.45, 7) is 1.91. The van der Waals surface area contributed by atoms with Crippen molar-refractivity contribution in [3.05, 3.63) is 64.4 Å². The number of anilines is 1. The Morgan fingerprint density at radius 1 is 1.26 bits per heavy atom. The van der Waals surface area contributed by atoms with E-state index < -0.39 is 5.82 Å². The summed E-state index contributed by atoms with van der Waals surface area (Å²) in [5.74, 6) is -0.393. The van der Waals surface area contributed by atoms with Crippen LogP contribution in [0, 0.1) is 17.1 Å². The molecule has 0 saturated heterocycles. The van der Waals surface area contributed by atoms with Crippen molar-refractivity contribution in [2.75, 3.05) is 5.32 Å². The topological polar surface area (TPSA) is 35.8 Å². The Morgan fingerprint density at radius 3 is 2.74 bits per heavy atom. The van der Waals surface area contributed by atoms with E-state index in [0.717, 1.165) is 5.56 Å². The molecule has 19 heavy (non-hydrogen) atoms. The summed E-state index contributed by atoms with van der Waals surface area (Å²) < 4.78 is 13.7. The zero-order valence-corrected chi connectivity index (χ0v) is 11.1. The largest absolute Gasteiger partial charge is 0.376 e. The Hall–Kier alpha value is -2.05. The molecule has 1 unspecified atom stereocenters. The predicted octanol–water partition coefficient (Wildman–Crippen LogP) is 4.52. The third-order valence-electron chi connectivity index (χ3n) is 2.82. The van der Waals surface area contributed by atoms with Gasteiger partial charge in [0.15, 0.2) is 0 Å². The molecule has 96 valence electrons. The molecule has 0 amide bonds. The summed E-state index contributed by atoms with van der Waals surface area (Å²) in [7, 11) is 0. The number of hydrogen-bond donors (Lipinski definition) is 1. The maximum absolute atomic E-state index is 13.7. The fraction of sp³-hybridized carbons (Fsp3) is 0.133. The molecule has 0 aliphatic rings. The van der Waals surface area contributed by atoms with E-state index in [0.29, 0.717) is 16.3 Å². The molecule has 0 spiro atoms. The summed E-state index contributed by atoms with van der Waals surface area (Å²) >= 11 is 5.71. The first-order valence-corrected chi connectivity index (χ1v) is 6.19. The van der Waals surface area contributed by atoms with Gasteiger partial charge >= 0.3 is 0 Å². The van der Waals surface area contributed by atoms with Gasteiger partial charge in [-0.15, -0.1) is 0 Å². The molecular weight excluding hydrogens is 263 g/mol. The average molecular weight is 275 g/mol. The lowest BCUT2D eigenvalue weighted by atomic mass is 10.1. The standard InChI is InChI=1S/C15H12ClFN2/c1-10(12-4-2-3-11(7-12)9-18)19-15-6-5-13(16)8-14(15)17/h2-8,10,19H,1H3. The number of nitrogens with zero attached hydrogens (tertiary/aromatic N) is 1. The number of nitrogens with one attached hydrogen (secondary N) is 1. The zero-order chi connectivity index (χ0) is 13.8. The molecule has 2 aromatic carbocycles. The fourth-order valence-electron chi connectivity index (χ4n) is 1.80. The lowest BCUT2D eigenvalue weighted by molar-refractivity contribution is 0.627. The minimum absolute atomic E-state index is 0.107. The van der Waals surface area contributed by atoms with Gasteiger partial charge in [0.05, 0.1) is 17.3 Å². The smallest absolute Gasteiger partial charge is 0.147 e. The van der Waals surface area contributed by atoms with Gasteiger partial charge in [-0.2, -0.15) is 5.26 Å². The summed E-state index contributed by atoms with van der Waals surface area (Å²) in [6, 6.07) is 13.7. The molecule has 0 heterocycles. The summed E-state index contributed by atoms with van der Waals surface area (Å²) in [5, 5.41) is 12.3. The number of hydrogen-bond acceptors (Lipinski definition) is 2. The van der Waals surface area contributed by atoms with Gasteiger partial charge in [-0.3, -0.25) is 0 Å². The van der Waals surface area contributed by atoms with E-state index >= 15 is 0 Å². The normalized spacial score (nSPS) is 11.7. The molecule has 0 radical (unpaired) electrons. The molecule has 2 rings (SSSR count). The van der Waals surface area contributed by atoms with Gasteiger partial charge in [-0.25, -0.2) is 4.39 Å². The molecule has 4 heteroatoms. The highest BCUT2D eigenvalue weighted by Crippen LogP contribution is 2.24. The van der Waals surface area contributed by atoms with Crippen LogP contribution in [0.25, 0.3) is 0 Å². The van der Waals surface area contributed by atoms with E-state index in [2.05, 4.69) is 11.4 Å². The van der Waals surface area contributed by atoms with Crippen LogP contribution in [0.1, 0.15) is 24.1 Å². The fourth-order valence-corrected chi connectivity index (χ4v) is 1.96. The minimum atomic E-state index is -0.393. The van der Waals surface area contributed by atoms with Gasteiger partial charge in [0.1, 0.15) is 5.82 Å². The third kappa shape index (κ3) is 3.24. The van der Waals surface area contributed by atoms with Crippen molar-refractivity contribution in [1.82, 2.24) is 0 Å². The van der Waals surface area contributed by atoms with Gasteiger partial charge in [-0.05, 0) is 42.8 Å². The first-order chi connectivity index (χ1) is 9.10. The van der Waals surface area contributed by atoms with Crippen LogP contribution in [-0.2, 0) is 0 Å². The Bertz CT molecular complexity index is 634. The Labute approximate surface area is 116 Å². The van der Waals surface area contributed by atoms with Crippen LogP contribution < -0.4 is 5.32 Å². The van der Waals surface area contributed by atoms with E-state index in [4.69, 9.17) is 16.9 Å². The lowest BCUT2D eigenvalue weighted by Crippen LogP contribution is -2.08. The molecule has 0 saturated carbocycles. The van der Waals surface area contributed by atoms with Gasteiger partial charge < -0.3 is 5.32 Å². The van der Waals surface area contributed by atoms with Crippen molar-refractivity contribution in [1.29, 1.82) is 5.26 Å². The molecule has 2 aromatic rings. The highest BCUT2D eigenvalue weighted by atomic mass is 35.5. The number of benzene rings is 2. The molecule has 1 atom stereocenters. The van der Waals surface area contributed by atoms with Crippen molar-refractivity contribution in [3.63, 3.8) is 0 Å². The van der Waals surface area contributed by atoms with E-state index in [-0.39, 0.29) is 6.04 Å². The predicted molar refractivity (Wildman–Crippen MR) is 74.6 cm³/mol. The summed E-state index contributed by atoms with van der Waals surface area (Å²) in [4.78, 5) is 0. The highest BCUT2D eigenvalue weighted by molar-refractivity contribution is 6.30. The second-order valence-electron chi connectivity index (χ2n) is 4.23. The van der Waals surface area contributed by atoms with Crippen molar-refractivity contribution in [2.24, 2.45) is 0 Å². The zero-order valence-electron chi connectivity index (χ0n) is 10.3.